The van der Waals surface area contributed by atoms with Crippen molar-refractivity contribution in [2.24, 2.45) is 0 Å². The van der Waals surface area contributed by atoms with E-state index < -0.39 is 29.2 Å². The number of non-ortho nitro benzene ring substituents is 1. The molecular weight excluding hydrogens is 421 g/mol. The Hall–Kier alpha value is -3.53. The summed E-state index contributed by atoms with van der Waals surface area (Å²) in [5.41, 5.74) is 0.448. The highest BCUT2D eigenvalue weighted by Gasteiger charge is 2.16. The number of nitrogens with one attached hydrogen (secondary N) is 1. The first-order valence-electron chi connectivity index (χ1n) is 10.2. The Balaban J connectivity index is 1.95. The van der Waals surface area contributed by atoms with E-state index in [1.807, 2.05) is 13.8 Å². The van der Waals surface area contributed by atoms with E-state index in [1.165, 1.54) is 24.3 Å². The Bertz CT molecular complexity index is 949. The number of halogens is 1. The van der Waals surface area contributed by atoms with E-state index in [9.17, 15) is 24.1 Å². The lowest BCUT2D eigenvalue weighted by Crippen LogP contribution is -2.29. The van der Waals surface area contributed by atoms with Gasteiger partial charge in [-0.05, 0) is 30.8 Å². The van der Waals surface area contributed by atoms with Gasteiger partial charge in [-0.3, -0.25) is 14.9 Å². The lowest BCUT2D eigenvalue weighted by Gasteiger charge is -2.17. The van der Waals surface area contributed by atoms with Gasteiger partial charge < -0.3 is 19.7 Å². The molecule has 0 aliphatic carbocycles. The number of hydrogen-bond acceptors (Lipinski definition) is 7. The van der Waals surface area contributed by atoms with Gasteiger partial charge in [-0.2, -0.15) is 0 Å². The SMILES string of the molecule is CCN(CC)CCOC(=O)COc1cc(F)ccc1C(=O)NCc1cccc([N+](=O)[O-])c1. The molecule has 0 fully saturated rings. The quantitative estimate of drug-likeness (QED) is 0.303. The molecule has 9 nitrogen and oxygen atoms in total. The van der Waals surface area contributed by atoms with Gasteiger partial charge in [0, 0.05) is 31.3 Å². The van der Waals surface area contributed by atoms with E-state index in [0.29, 0.717) is 12.1 Å². The van der Waals surface area contributed by atoms with Crippen LogP contribution in [0.5, 0.6) is 5.75 Å². The molecule has 0 atom stereocenters. The van der Waals surface area contributed by atoms with Crippen molar-refractivity contribution in [1.82, 2.24) is 10.2 Å². The fourth-order valence-electron chi connectivity index (χ4n) is 2.87. The maximum absolute atomic E-state index is 13.7. The number of hydrogen-bond donors (Lipinski definition) is 1. The number of nitro groups is 1. The first-order chi connectivity index (χ1) is 15.3. The van der Waals surface area contributed by atoms with E-state index >= 15 is 0 Å². The normalized spacial score (nSPS) is 10.6. The molecule has 0 spiro atoms. The van der Waals surface area contributed by atoms with E-state index in [2.05, 4.69) is 10.2 Å². The minimum atomic E-state index is -0.635. The van der Waals surface area contributed by atoms with Crippen LogP contribution in [0.15, 0.2) is 42.5 Å². The molecular formula is C22H26FN3O6. The third kappa shape index (κ3) is 7.62. The second-order valence-electron chi connectivity index (χ2n) is 6.79. The predicted octanol–water partition coefficient (Wildman–Crippen LogP) is 2.93. The van der Waals surface area contributed by atoms with Crippen molar-refractivity contribution in [1.29, 1.82) is 0 Å². The molecule has 0 bridgehead atoms. The molecule has 1 amide bonds. The van der Waals surface area contributed by atoms with E-state index in [4.69, 9.17) is 9.47 Å². The number of esters is 1. The summed E-state index contributed by atoms with van der Waals surface area (Å²) in [6.07, 6.45) is 0. The Kier molecular flexibility index (Phi) is 9.55. The van der Waals surface area contributed by atoms with E-state index in [1.54, 1.807) is 6.07 Å². The third-order valence-corrected chi connectivity index (χ3v) is 4.67. The lowest BCUT2D eigenvalue weighted by molar-refractivity contribution is -0.384. The van der Waals surface area contributed by atoms with Gasteiger partial charge in [0.1, 0.15) is 18.2 Å². The van der Waals surface area contributed by atoms with Crippen LogP contribution in [0.3, 0.4) is 0 Å². The fourth-order valence-corrected chi connectivity index (χ4v) is 2.87. The van der Waals surface area contributed by atoms with Gasteiger partial charge in [-0.25, -0.2) is 9.18 Å². The molecule has 2 rings (SSSR count). The number of nitrogens with zero attached hydrogens (tertiary/aromatic N) is 2. The molecule has 0 saturated heterocycles. The highest BCUT2D eigenvalue weighted by atomic mass is 19.1. The molecule has 2 aromatic carbocycles. The predicted molar refractivity (Wildman–Crippen MR) is 115 cm³/mol. The summed E-state index contributed by atoms with van der Waals surface area (Å²) in [5, 5.41) is 13.5. The van der Waals surface area contributed by atoms with Gasteiger partial charge in [-0.15, -0.1) is 0 Å². The Morgan fingerprint density at radius 1 is 1.16 bits per heavy atom. The molecule has 0 aromatic heterocycles. The molecule has 0 aliphatic heterocycles. The summed E-state index contributed by atoms with van der Waals surface area (Å²) in [6.45, 7) is 6.00. The van der Waals surface area contributed by atoms with Crippen LogP contribution >= 0.6 is 0 Å². The van der Waals surface area contributed by atoms with Crippen molar-refractivity contribution in [3.8, 4) is 5.75 Å². The minimum Gasteiger partial charge on any atom is -0.481 e. The molecule has 0 aliphatic rings. The van der Waals surface area contributed by atoms with Gasteiger partial charge in [0.15, 0.2) is 6.61 Å². The summed E-state index contributed by atoms with van der Waals surface area (Å²) in [6, 6.07) is 9.17. The van der Waals surface area contributed by atoms with Gasteiger partial charge in [0.25, 0.3) is 11.6 Å². The number of nitro benzene ring substituents is 1. The second-order valence-corrected chi connectivity index (χ2v) is 6.79. The topological polar surface area (TPSA) is 111 Å². The monoisotopic (exact) mass is 447 g/mol. The Morgan fingerprint density at radius 2 is 1.91 bits per heavy atom. The van der Waals surface area contributed by atoms with Crippen LogP contribution < -0.4 is 10.1 Å². The summed E-state index contributed by atoms with van der Waals surface area (Å²) < 4.78 is 24.1. The zero-order valence-corrected chi connectivity index (χ0v) is 18.0. The molecule has 0 unspecified atom stereocenters. The Morgan fingerprint density at radius 3 is 2.59 bits per heavy atom. The van der Waals surface area contributed by atoms with Crippen molar-refractivity contribution in [3.05, 3.63) is 69.5 Å². The Labute approximate surface area is 185 Å². The van der Waals surface area contributed by atoms with E-state index in [-0.39, 0.29) is 30.2 Å². The van der Waals surface area contributed by atoms with Crippen molar-refractivity contribution < 1.29 is 28.4 Å². The standard InChI is InChI=1S/C22H26FN3O6/c1-3-25(4-2)10-11-31-21(27)15-32-20-13-17(23)8-9-19(20)22(28)24-14-16-6-5-7-18(12-16)26(29)30/h5-9,12-13H,3-4,10-11,14-15H2,1-2H3,(H,24,28). The maximum Gasteiger partial charge on any atom is 0.344 e. The van der Waals surface area contributed by atoms with Crippen molar-refractivity contribution in [2.75, 3.05) is 32.8 Å². The smallest absolute Gasteiger partial charge is 0.344 e. The zero-order valence-electron chi connectivity index (χ0n) is 18.0. The van der Waals surface area contributed by atoms with Crippen LogP contribution in [-0.4, -0.2) is 54.5 Å². The summed E-state index contributed by atoms with van der Waals surface area (Å²) in [4.78, 5) is 36.9. The number of carbonyl (C=O) groups excluding carboxylic acids is 2. The molecule has 0 saturated carbocycles. The highest BCUT2D eigenvalue weighted by Crippen LogP contribution is 2.20. The summed E-state index contributed by atoms with van der Waals surface area (Å²) >= 11 is 0. The van der Waals surface area contributed by atoms with Gasteiger partial charge in [0.2, 0.25) is 0 Å². The average Bonchev–Trinajstić information content (AvgIpc) is 2.79. The van der Waals surface area contributed by atoms with Crippen LogP contribution in [0.4, 0.5) is 10.1 Å². The number of rotatable bonds is 12. The first kappa shape index (κ1) is 24.7. The van der Waals surface area contributed by atoms with Crippen LogP contribution in [0.2, 0.25) is 0 Å². The van der Waals surface area contributed by atoms with Gasteiger partial charge in [-0.1, -0.05) is 26.0 Å². The fraction of sp³-hybridized carbons (Fsp3) is 0.364. The molecule has 10 heteroatoms. The first-order valence-corrected chi connectivity index (χ1v) is 10.2. The highest BCUT2D eigenvalue weighted by molar-refractivity contribution is 5.97. The molecule has 172 valence electrons. The summed E-state index contributed by atoms with van der Waals surface area (Å²) in [7, 11) is 0. The molecule has 0 heterocycles. The van der Waals surface area contributed by atoms with Crippen LogP contribution in [-0.2, 0) is 16.1 Å². The molecule has 1 N–H and O–H groups in total. The summed E-state index contributed by atoms with van der Waals surface area (Å²) in [5.74, 6) is -1.96. The van der Waals surface area contributed by atoms with Crippen LogP contribution in [0, 0.1) is 15.9 Å². The van der Waals surface area contributed by atoms with Crippen molar-refractivity contribution in [2.45, 2.75) is 20.4 Å². The van der Waals surface area contributed by atoms with Crippen LogP contribution in [0.1, 0.15) is 29.8 Å². The number of amides is 1. The second kappa shape index (κ2) is 12.4. The largest absolute Gasteiger partial charge is 0.481 e. The third-order valence-electron chi connectivity index (χ3n) is 4.67. The number of ether oxygens (including phenoxy) is 2. The maximum atomic E-state index is 13.7. The van der Waals surface area contributed by atoms with E-state index in [0.717, 1.165) is 25.2 Å². The number of carbonyl (C=O) groups is 2. The van der Waals surface area contributed by atoms with Gasteiger partial charge >= 0.3 is 5.97 Å². The number of likely N-dealkylation sites (N-methyl/N-ethyl adjacent to an activating group) is 1. The van der Waals surface area contributed by atoms with Crippen molar-refractivity contribution in [3.63, 3.8) is 0 Å². The lowest BCUT2D eigenvalue weighted by atomic mass is 10.1. The zero-order chi connectivity index (χ0) is 23.5. The van der Waals surface area contributed by atoms with Gasteiger partial charge in [0.05, 0.1) is 10.5 Å². The average molecular weight is 447 g/mol. The number of benzene rings is 2. The molecule has 32 heavy (non-hydrogen) atoms. The minimum absolute atomic E-state index is 0.0186. The molecule has 2 aromatic rings. The van der Waals surface area contributed by atoms with Crippen LogP contribution in [0.25, 0.3) is 0 Å². The van der Waals surface area contributed by atoms with Crippen molar-refractivity contribution >= 4 is 17.6 Å². The molecule has 0 radical (unpaired) electrons.